The number of rotatable bonds is 2. The first kappa shape index (κ1) is 14.1. The fourth-order valence-corrected chi connectivity index (χ4v) is 2.28. The zero-order valence-corrected chi connectivity index (χ0v) is 12.0. The van der Waals surface area contributed by atoms with Crippen molar-refractivity contribution in [2.75, 3.05) is 11.9 Å². The van der Waals surface area contributed by atoms with Crippen LogP contribution >= 0.6 is 15.9 Å². The zero-order valence-electron chi connectivity index (χ0n) is 10.4. The van der Waals surface area contributed by atoms with Gasteiger partial charge in [-0.25, -0.2) is 4.98 Å². The Balaban J connectivity index is 2.80. The van der Waals surface area contributed by atoms with Gasteiger partial charge >= 0.3 is 6.18 Å². The molecule has 2 aromatic rings. The number of halogens is 4. The molecule has 0 atom stereocenters. The summed E-state index contributed by atoms with van der Waals surface area (Å²) >= 11 is 3.31. The number of nitrogens with zero attached hydrogens (tertiary/aromatic N) is 1. The molecule has 0 aliphatic heterocycles. The summed E-state index contributed by atoms with van der Waals surface area (Å²) in [6.45, 7) is 4.20. The predicted octanol–water partition coefficient (Wildman–Crippen LogP) is 4.76. The van der Waals surface area contributed by atoms with Crippen molar-refractivity contribution in [2.24, 2.45) is 0 Å². The van der Waals surface area contributed by atoms with E-state index in [1.54, 1.807) is 6.07 Å². The van der Waals surface area contributed by atoms with Crippen LogP contribution in [0, 0.1) is 6.92 Å². The highest BCUT2D eigenvalue weighted by Crippen LogP contribution is 2.36. The second-order valence-corrected chi connectivity index (χ2v) is 4.97. The molecule has 0 aliphatic carbocycles. The quantitative estimate of drug-likeness (QED) is 0.857. The minimum absolute atomic E-state index is 0.325. The Labute approximate surface area is 117 Å². The third kappa shape index (κ3) is 2.68. The van der Waals surface area contributed by atoms with Gasteiger partial charge in [-0.05, 0) is 41.4 Å². The number of hydrogen-bond acceptors (Lipinski definition) is 2. The van der Waals surface area contributed by atoms with E-state index in [-0.39, 0.29) is 0 Å². The second-order valence-electron chi connectivity index (χ2n) is 4.18. The summed E-state index contributed by atoms with van der Waals surface area (Å²) in [6, 6.07) is 4.68. The van der Waals surface area contributed by atoms with Crippen LogP contribution in [-0.4, -0.2) is 11.5 Å². The van der Waals surface area contributed by atoms with Gasteiger partial charge in [-0.1, -0.05) is 12.1 Å². The minimum atomic E-state index is -4.46. The van der Waals surface area contributed by atoms with Gasteiger partial charge in [0.2, 0.25) is 0 Å². The van der Waals surface area contributed by atoms with Crippen LogP contribution < -0.4 is 5.32 Å². The number of aryl methyl sites for hydroxylation is 1. The molecule has 1 heterocycles. The summed E-state index contributed by atoms with van der Waals surface area (Å²) in [5.41, 5.74) is 0.732. The third-order valence-corrected chi connectivity index (χ3v) is 3.77. The van der Waals surface area contributed by atoms with E-state index in [1.807, 2.05) is 19.9 Å². The maximum absolute atomic E-state index is 12.9. The third-order valence-electron chi connectivity index (χ3n) is 2.77. The summed E-state index contributed by atoms with van der Waals surface area (Å²) < 4.78 is 39.2. The Morgan fingerprint density at radius 3 is 2.58 bits per heavy atom. The van der Waals surface area contributed by atoms with Crippen molar-refractivity contribution in [1.29, 1.82) is 0 Å². The molecule has 102 valence electrons. The van der Waals surface area contributed by atoms with Gasteiger partial charge in [0.05, 0.1) is 5.52 Å². The Morgan fingerprint density at radius 2 is 2.00 bits per heavy atom. The summed E-state index contributed by atoms with van der Waals surface area (Å²) in [5.74, 6) is 0. The SMILES string of the molecule is CCNc1cc(C(F)(F)F)nc2c(Br)c(C)ccc12. The normalized spacial score (nSPS) is 11.9. The Kier molecular flexibility index (Phi) is 3.71. The van der Waals surface area contributed by atoms with E-state index >= 15 is 0 Å². The molecule has 1 aromatic heterocycles. The Morgan fingerprint density at radius 1 is 1.32 bits per heavy atom. The average Bonchev–Trinajstić information content (AvgIpc) is 2.33. The monoisotopic (exact) mass is 332 g/mol. The minimum Gasteiger partial charge on any atom is -0.385 e. The van der Waals surface area contributed by atoms with Crippen LogP contribution in [0.4, 0.5) is 18.9 Å². The molecule has 1 N–H and O–H groups in total. The van der Waals surface area contributed by atoms with E-state index in [4.69, 9.17) is 0 Å². The van der Waals surface area contributed by atoms with Crippen LogP contribution in [0.15, 0.2) is 22.7 Å². The van der Waals surface area contributed by atoms with E-state index in [2.05, 4.69) is 26.2 Å². The number of nitrogens with one attached hydrogen (secondary N) is 1. The highest BCUT2D eigenvalue weighted by atomic mass is 79.9. The molecule has 1 aromatic carbocycles. The van der Waals surface area contributed by atoms with Crippen LogP contribution in [-0.2, 0) is 6.18 Å². The molecule has 0 spiro atoms. The molecule has 0 saturated carbocycles. The first-order chi connectivity index (χ1) is 8.84. The highest BCUT2D eigenvalue weighted by Gasteiger charge is 2.33. The molecule has 0 radical (unpaired) electrons. The zero-order chi connectivity index (χ0) is 14.2. The number of hydrogen-bond donors (Lipinski definition) is 1. The lowest BCUT2D eigenvalue weighted by molar-refractivity contribution is -0.140. The number of alkyl halides is 3. The van der Waals surface area contributed by atoms with E-state index in [9.17, 15) is 13.2 Å². The lowest BCUT2D eigenvalue weighted by Crippen LogP contribution is -2.10. The van der Waals surface area contributed by atoms with E-state index in [0.29, 0.717) is 27.6 Å². The maximum Gasteiger partial charge on any atom is 0.433 e. The van der Waals surface area contributed by atoms with Crippen LogP contribution in [0.5, 0.6) is 0 Å². The lowest BCUT2D eigenvalue weighted by Gasteiger charge is -2.14. The topological polar surface area (TPSA) is 24.9 Å². The summed E-state index contributed by atoms with van der Waals surface area (Å²) in [6.07, 6.45) is -4.46. The Bertz CT molecular complexity index is 623. The first-order valence-electron chi connectivity index (χ1n) is 5.75. The molecule has 0 aliphatic rings. The van der Waals surface area contributed by atoms with E-state index in [0.717, 1.165) is 11.6 Å². The van der Waals surface area contributed by atoms with Crippen molar-refractivity contribution in [2.45, 2.75) is 20.0 Å². The predicted molar refractivity (Wildman–Crippen MR) is 73.3 cm³/mol. The van der Waals surface area contributed by atoms with Gasteiger partial charge in [0.1, 0.15) is 5.69 Å². The molecular formula is C13H12BrF3N2. The fourth-order valence-electron chi connectivity index (χ4n) is 1.84. The molecule has 19 heavy (non-hydrogen) atoms. The van der Waals surface area contributed by atoms with Crippen LogP contribution in [0.3, 0.4) is 0 Å². The van der Waals surface area contributed by atoms with Crippen LogP contribution in [0.2, 0.25) is 0 Å². The van der Waals surface area contributed by atoms with E-state index < -0.39 is 11.9 Å². The molecule has 0 fully saturated rings. The van der Waals surface area contributed by atoms with Crippen LogP contribution in [0.1, 0.15) is 18.2 Å². The number of fused-ring (bicyclic) bond motifs is 1. The highest BCUT2D eigenvalue weighted by molar-refractivity contribution is 9.10. The molecule has 0 unspecified atom stereocenters. The molecular weight excluding hydrogens is 321 g/mol. The molecule has 0 amide bonds. The van der Waals surface area contributed by atoms with Gasteiger partial charge in [0, 0.05) is 22.1 Å². The standard InChI is InChI=1S/C13H12BrF3N2/c1-3-18-9-6-10(13(15,16)17)19-12-8(9)5-4-7(2)11(12)14/h4-6H,3H2,1-2H3,(H,18,19). The summed E-state index contributed by atoms with van der Waals surface area (Å²) in [7, 11) is 0. The van der Waals surface area contributed by atoms with Gasteiger partial charge in [0.15, 0.2) is 0 Å². The molecule has 2 nitrogen and oxygen atoms in total. The number of benzene rings is 1. The van der Waals surface area contributed by atoms with Crippen molar-refractivity contribution in [1.82, 2.24) is 4.98 Å². The number of anilines is 1. The van der Waals surface area contributed by atoms with Crippen LogP contribution in [0.25, 0.3) is 10.9 Å². The van der Waals surface area contributed by atoms with E-state index in [1.165, 1.54) is 0 Å². The molecule has 6 heteroatoms. The van der Waals surface area contributed by atoms with Gasteiger partial charge in [-0.3, -0.25) is 0 Å². The number of aromatic nitrogens is 1. The van der Waals surface area contributed by atoms with Gasteiger partial charge in [-0.15, -0.1) is 0 Å². The smallest absolute Gasteiger partial charge is 0.385 e. The van der Waals surface area contributed by atoms with Crippen molar-refractivity contribution in [3.8, 4) is 0 Å². The average molecular weight is 333 g/mol. The van der Waals surface area contributed by atoms with Gasteiger partial charge in [-0.2, -0.15) is 13.2 Å². The molecule has 2 rings (SSSR count). The van der Waals surface area contributed by atoms with Crippen molar-refractivity contribution in [3.05, 3.63) is 33.9 Å². The van der Waals surface area contributed by atoms with Gasteiger partial charge in [0.25, 0.3) is 0 Å². The second kappa shape index (κ2) is 5.00. The fraction of sp³-hybridized carbons (Fsp3) is 0.308. The molecule has 0 bridgehead atoms. The maximum atomic E-state index is 12.9. The largest absolute Gasteiger partial charge is 0.433 e. The van der Waals surface area contributed by atoms with Crippen molar-refractivity contribution >= 4 is 32.5 Å². The van der Waals surface area contributed by atoms with Crippen molar-refractivity contribution < 1.29 is 13.2 Å². The summed E-state index contributed by atoms with van der Waals surface area (Å²) in [5, 5.41) is 3.62. The molecule has 0 saturated heterocycles. The lowest BCUT2D eigenvalue weighted by atomic mass is 10.1. The number of pyridine rings is 1. The summed E-state index contributed by atoms with van der Waals surface area (Å²) in [4.78, 5) is 3.74. The first-order valence-corrected chi connectivity index (χ1v) is 6.54. The Hall–Kier alpha value is -1.30. The van der Waals surface area contributed by atoms with Crippen molar-refractivity contribution in [3.63, 3.8) is 0 Å². The van der Waals surface area contributed by atoms with Gasteiger partial charge < -0.3 is 5.32 Å².